The Hall–Kier alpha value is -3.47. The first kappa shape index (κ1) is 23.2. The predicted octanol–water partition coefficient (Wildman–Crippen LogP) is 3.05. The first-order chi connectivity index (χ1) is 15.1. The lowest BCUT2D eigenvalue weighted by molar-refractivity contribution is -0.192. The van der Waals surface area contributed by atoms with Crippen molar-refractivity contribution in [2.24, 2.45) is 0 Å². The van der Waals surface area contributed by atoms with Gasteiger partial charge in [0.2, 0.25) is 0 Å². The summed E-state index contributed by atoms with van der Waals surface area (Å²) in [7, 11) is 0. The molecule has 0 bridgehead atoms. The van der Waals surface area contributed by atoms with Gasteiger partial charge in [0.15, 0.2) is 11.5 Å². The number of rotatable bonds is 5. The first-order valence-electron chi connectivity index (χ1n) is 9.53. The Morgan fingerprint density at radius 1 is 1.03 bits per heavy atom. The van der Waals surface area contributed by atoms with E-state index in [0.717, 1.165) is 31.1 Å². The van der Waals surface area contributed by atoms with Crippen molar-refractivity contribution in [2.45, 2.75) is 18.8 Å². The Morgan fingerprint density at radius 3 is 2.31 bits per heavy atom. The molecule has 0 amide bonds. The number of benzene rings is 2. The number of aromatic carboxylic acids is 1. The minimum Gasteiger partial charge on any atom is -0.488 e. The Balaban J connectivity index is 0.000000360. The van der Waals surface area contributed by atoms with Gasteiger partial charge in [0.1, 0.15) is 25.1 Å². The number of halogens is 3. The van der Waals surface area contributed by atoms with E-state index in [4.69, 9.17) is 29.2 Å². The van der Waals surface area contributed by atoms with Crippen LogP contribution >= 0.6 is 0 Å². The molecule has 2 aliphatic heterocycles. The number of hydrogen-bond acceptors (Lipinski definition) is 6. The quantitative estimate of drug-likeness (QED) is 0.709. The van der Waals surface area contributed by atoms with Gasteiger partial charge >= 0.3 is 18.1 Å². The lowest BCUT2D eigenvalue weighted by Crippen LogP contribution is -2.53. The summed E-state index contributed by atoms with van der Waals surface area (Å²) in [5.41, 5.74) is 1.42. The van der Waals surface area contributed by atoms with Crippen molar-refractivity contribution >= 4 is 11.9 Å². The van der Waals surface area contributed by atoms with Crippen molar-refractivity contribution in [1.82, 2.24) is 4.90 Å². The highest BCUT2D eigenvalue weighted by Crippen LogP contribution is 2.31. The lowest BCUT2D eigenvalue weighted by atomic mass is 10.1. The molecule has 11 heteroatoms. The maximum Gasteiger partial charge on any atom is 0.490 e. The second kappa shape index (κ2) is 9.77. The Labute approximate surface area is 180 Å². The van der Waals surface area contributed by atoms with Crippen LogP contribution in [0, 0.1) is 0 Å². The first-order valence-corrected chi connectivity index (χ1v) is 9.53. The molecule has 8 nitrogen and oxygen atoms in total. The smallest absolute Gasteiger partial charge is 0.488 e. The topological polar surface area (TPSA) is 106 Å². The van der Waals surface area contributed by atoms with Crippen molar-refractivity contribution in [1.29, 1.82) is 0 Å². The van der Waals surface area contributed by atoms with Crippen molar-refractivity contribution in [3.05, 3.63) is 53.6 Å². The summed E-state index contributed by atoms with van der Waals surface area (Å²) in [5, 5.41) is 16.1. The number of carboxylic acid groups (broad SMARTS) is 2. The standard InChI is InChI=1S/C19H19NO5.C2HF3O2/c21-19(22)14-2-1-3-15(9-14)25-16-11-20(12-16)10-13-4-5-17-18(8-13)24-7-6-23-17;3-2(4,5)1(6)7/h1-5,8-9,16H,6-7,10-12H2,(H,21,22);(H,6,7). The van der Waals surface area contributed by atoms with Crippen molar-refractivity contribution in [3.63, 3.8) is 0 Å². The number of likely N-dealkylation sites (tertiary alicyclic amines) is 1. The summed E-state index contributed by atoms with van der Waals surface area (Å²) in [4.78, 5) is 22.2. The van der Waals surface area contributed by atoms with Crippen LogP contribution in [-0.2, 0) is 11.3 Å². The van der Waals surface area contributed by atoms with Gasteiger partial charge in [0.25, 0.3) is 0 Å². The van der Waals surface area contributed by atoms with Gasteiger partial charge in [-0.15, -0.1) is 0 Å². The van der Waals surface area contributed by atoms with Gasteiger partial charge in [-0.25, -0.2) is 9.59 Å². The van der Waals surface area contributed by atoms with E-state index in [0.29, 0.717) is 19.0 Å². The molecule has 0 unspecified atom stereocenters. The van der Waals surface area contributed by atoms with Crippen LogP contribution in [0.4, 0.5) is 13.2 Å². The van der Waals surface area contributed by atoms with E-state index in [9.17, 15) is 18.0 Å². The monoisotopic (exact) mass is 455 g/mol. The van der Waals surface area contributed by atoms with E-state index < -0.39 is 18.1 Å². The predicted molar refractivity (Wildman–Crippen MR) is 104 cm³/mol. The molecule has 2 aromatic rings. The second-order valence-corrected chi connectivity index (χ2v) is 7.05. The van der Waals surface area contributed by atoms with Gasteiger partial charge in [-0.3, -0.25) is 4.90 Å². The van der Waals surface area contributed by atoms with Gasteiger partial charge < -0.3 is 24.4 Å². The van der Waals surface area contributed by atoms with E-state index in [-0.39, 0.29) is 11.7 Å². The molecule has 0 aromatic heterocycles. The number of carboxylic acids is 2. The average Bonchev–Trinajstić information content (AvgIpc) is 2.72. The lowest BCUT2D eigenvalue weighted by Gasteiger charge is -2.39. The Kier molecular flexibility index (Phi) is 7.08. The fourth-order valence-electron chi connectivity index (χ4n) is 3.07. The molecule has 32 heavy (non-hydrogen) atoms. The molecule has 0 atom stereocenters. The summed E-state index contributed by atoms with van der Waals surface area (Å²) in [6.45, 7) is 3.63. The molecule has 0 spiro atoms. The van der Waals surface area contributed by atoms with E-state index >= 15 is 0 Å². The third-order valence-corrected chi connectivity index (χ3v) is 4.56. The molecular weight excluding hydrogens is 435 g/mol. The molecular formula is C21H20F3NO7. The Morgan fingerprint density at radius 2 is 1.69 bits per heavy atom. The van der Waals surface area contributed by atoms with Crippen LogP contribution in [0.25, 0.3) is 0 Å². The zero-order valence-corrected chi connectivity index (χ0v) is 16.7. The molecule has 0 aliphatic carbocycles. The zero-order chi connectivity index (χ0) is 23.3. The Bertz CT molecular complexity index is 974. The van der Waals surface area contributed by atoms with Crippen LogP contribution in [0.1, 0.15) is 15.9 Å². The maximum absolute atomic E-state index is 11.0. The largest absolute Gasteiger partial charge is 0.490 e. The third kappa shape index (κ3) is 6.27. The normalized spacial score (nSPS) is 15.7. The van der Waals surface area contributed by atoms with Gasteiger partial charge in [-0.2, -0.15) is 13.2 Å². The van der Waals surface area contributed by atoms with Gasteiger partial charge in [0.05, 0.1) is 5.56 Å². The van der Waals surface area contributed by atoms with Crippen molar-refractivity contribution in [3.8, 4) is 17.2 Å². The minimum atomic E-state index is -5.08. The van der Waals surface area contributed by atoms with E-state index in [1.807, 2.05) is 12.1 Å². The van der Waals surface area contributed by atoms with Crippen molar-refractivity contribution in [2.75, 3.05) is 26.3 Å². The molecule has 172 valence electrons. The average molecular weight is 455 g/mol. The fourth-order valence-corrected chi connectivity index (χ4v) is 3.07. The number of carbonyl (C=O) groups is 2. The van der Waals surface area contributed by atoms with Gasteiger partial charge in [-0.05, 0) is 35.9 Å². The van der Waals surface area contributed by atoms with E-state index in [2.05, 4.69) is 11.0 Å². The minimum absolute atomic E-state index is 0.0845. The molecule has 0 saturated carbocycles. The number of ether oxygens (including phenoxy) is 3. The number of alkyl halides is 3. The highest BCUT2D eigenvalue weighted by Gasteiger charge is 2.38. The molecule has 0 radical (unpaired) electrons. The molecule has 4 rings (SSSR count). The SMILES string of the molecule is O=C(O)C(F)(F)F.O=C(O)c1cccc(OC2CN(Cc3ccc4c(c3)OCCO4)C2)c1. The highest BCUT2D eigenvalue weighted by molar-refractivity contribution is 5.88. The molecule has 2 aliphatic rings. The van der Waals surface area contributed by atoms with Crippen LogP contribution in [-0.4, -0.2) is 65.6 Å². The van der Waals surface area contributed by atoms with Crippen molar-refractivity contribution < 1.29 is 47.2 Å². The van der Waals surface area contributed by atoms with Crippen LogP contribution in [0.5, 0.6) is 17.2 Å². The van der Waals surface area contributed by atoms with Crippen LogP contribution in [0.15, 0.2) is 42.5 Å². The third-order valence-electron chi connectivity index (χ3n) is 4.56. The number of aliphatic carboxylic acids is 1. The highest BCUT2D eigenvalue weighted by atomic mass is 19.4. The second-order valence-electron chi connectivity index (χ2n) is 7.05. The molecule has 1 fully saturated rings. The van der Waals surface area contributed by atoms with Crippen LogP contribution in [0.2, 0.25) is 0 Å². The number of fused-ring (bicyclic) bond motifs is 1. The molecule has 1 saturated heterocycles. The molecule has 2 N–H and O–H groups in total. The van der Waals surface area contributed by atoms with E-state index in [1.165, 1.54) is 5.56 Å². The fraction of sp³-hybridized carbons (Fsp3) is 0.333. The number of nitrogens with zero attached hydrogens (tertiary/aromatic N) is 1. The van der Waals surface area contributed by atoms with Crippen LogP contribution < -0.4 is 14.2 Å². The molecule has 2 aromatic carbocycles. The molecule has 2 heterocycles. The summed E-state index contributed by atoms with van der Waals surface area (Å²) in [6.07, 6.45) is -5.00. The summed E-state index contributed by atoms with van der Waals surface area (Å²) in [6, 6.07) is 12.6. The summed E-state index contributed by atoms with van der Waals surface area (Å²) < 4.78 is 48.7. The maximum atomic E-state index is 11.0. The van der Waals surface area contributed by atoms with Gasteiger partial charge in [-0.1, -0.05) is 12.1 Å². The van der Waals surface area contributed by atoms with Gasteiger partial charge in [0, 0.05) is 19.6 Å². The summed E-state index contributed by atoms with van der Waals surface area (Å²) in [5.74, 6) is -1.49. The van der Waals surface area contributed by atoms with E-state index in [1.54, 1.807) is 24.3 Å². The zero-order valence-electron chi connectivity index (χ0n) is 16.7. The summed E-state index contributed by atoms with van der Waals surface area (Å²) >= 11 is 0. The number of hydrogen-bond donors (Lipinski definition) is 2. The van der Waals surface area contributed by atoms with Crippen LogP contribution in [0.3, 0.4) is 0 Å².